The molecule has 0 spiro atoms. The van der Waals surface area contributed by atoms with Crippen molar-refractivity contribution >= 4 is 11.8 Å². The number of likely N-dealkylation sites (tertiary alicyclic amines) is 1. The van der Waals surface area contributed by atoms with Crippen LogP contribution in [-0.2, 0) is 22.7 Å². The summed E-state index contributed by atoms with van der Waals surface area (Å²) in [4.78, 5) is 25.7. The first-order chi connectivity index (χ1) is 11.1. The van der Waals surface area contributed by atoms with Gasteiger partial charge in [-0.15, -0.1) is 0 Å². The Kier molecular flexibility index (Phi) is 4.91. The van der Waals surface area contributed by atoms with Crippen molar-refractivity contribution in [2.75, 3.05) is 13.1 Å². The van der Waals surface area contributed by atoms with Gasteiger partial charge < -0.3 is 15.5 Å². The second-order valence-corrected chi connectivity index (χ2v) is 6.20. The largest absolute Gasteiger partial charge is 0.351 e. The number of carbonyl (C=O) groups is 2. The highest BCUT2D eigenvalue weighted by Gasteiger charge is 2.29. The number of rotatable bonds is 5. The van der Waals surface area contributed by atoms with E-state index in [1.165, 1.54) is 0 Å². The molecule has 2 aliphatic heterocycles. The van der Waals surface area contributed by atoms with E-state index >= 15 is 0 Å². The van der Waals surface area contributed by atoms with Crippen molar-refractivity contribution in [1.29, 1.82) is 0 Å². The van der Waals surface area contributed by atoms with Crippen molar-refractivity contribution in [2.45, 2.75) is 44.6 Å². The summed E-state index contributed by atoms with van der Waals surface area (Å²) in [6, 6.07) is 7.35. The molecule has 0 radical (unpaired) electrons. The van der Waals surface area contributed by atoms with Crippen LogP contribution in [0.5, 0.6) is 0 Å². The molecule has 0 aliphatic carbocycles. The van der Waals surface area contributed by atoms with Gasteiger partial charge in [0.15, 0.2) is 0 Å². The van der Waals surface area contributed by atoms with Gasteiger partial charge in [-0.05, 0) is 17.5 Å². The molecule has 1 aromatic rings. The third kappa shape index (κ3) is 3.88. The molecule has 0 bridgehead atoms. The number of nitrogens with zero attached hydrogens (tertiary/aromatic N) is 1. The van der Waals surface area contributed by atoms with Crippen LogP contribution in [0.2, 0.25) is 0 Å². The molecule has 0 unspecified atom stereocenters. The lowest BCUT2D eigenvalue weighted by Crippen LogP contribution is -2.40. The average molecular weight is 319 g/mol. The second-order valence-electron chi connectivity index (χ2n) is 6.20. The first kappa shape index (κ1) is 15.9. The van der Waals surface area contributed by atoms with Gasteiger partial charge in [0.05, 0.1) is 6.04 Å². The number of hydrogen-bond acceptors (Lipinski definition) is 3. The minimum absolute atomic E-state index is 0.169. The number of benzene rings is 1. The summed E-state index contributed by atoms with van der Waals surface area (Å²) >= 11 is 0. The summed E-state index contributed by atoms with van der Waals surface area (Å²) in [6.45, 7) is 2.01. The fourth-order valence-corrected chi connectivity index (χ4v) is 3.16. The van der Waals surface area contributed by atoms with Crippen LogP contribution in [0.4, 0.5) is 4.39 Å². The van der Waals surface area contributed by atoms with Crippen LogP contribution in [-0.4, -0.2) is 42.0 Å². The van der Waals surface area contributed by atoms with E-state index in [0.717, 1.165) is 24.1 Å². The fraction of sp³-hybridized carbons (Fsp3) is 0.529. The van der Waals surface area contributed by atoms with E-state index < -0.39 is 12.2 Å². The van der Waals surface area contributed by atoms with Crippen molar-refractivity contribution in [3.8, 4) is 0 Å². The highest BCUT2D eigenvalue weighted by atomic mass is 19.1. The van der Waals surface area contributed by atoms with Gasteiger partial charge in [0.25, 0.3) is 0 Å². The SMILES string of the molecule is O=C(NCc1ccccc1CN1CCCC1=O)[C@H]1C[C@H](F)CN1. The van der Waals surface area contributed by atoms with Gasteiger partial charge >= 0.3 is 0 Å². The van der Waals surface area contributed by atoms with E-state index in [4.69, 9.17) is 0 Å². The van der Waals surface area contributed by atoms with Gasteiger partial charge in [0, 0.05) is 39.0 Å². The van der Waals surface area contributed by atoms with Crippen LogP contribution in [0, 0.1) is 0 Å². The number of amides is 2. The van der Waals surface area contributed by atoms with E-state index in [-0.39, 0.29) is 24.8 Å². The number of nitrogens with one attached hydrogen (secondary N) is 2. The van der Waals surface area contributed by atoms with Crippen molar-refractivity contribution in [3.05, 3.63) is 35.4 Å². The second kappa shape index (κ2) is 7.08. The summed E-state index contributed by atoms with van der Waals surface area (Å²) in [5.74, 6) is 0.0187. The zero-order chi connectivity index (χ0) is 16.2. The van der Waals surface area contributed by atoms with Gasteiger partial charge in [-0.25, -0.2) is 4.39 Å². The summed E-state index contributed by atoms with van der Waals surface area (Å²) in [7, 11) is 0. The lowest BCUT2D eigenvalue weighted by atomic mass is 10.1. The quantitative estimate of drug-likeness (QED) is 0.855. The van der Waals surface area contributed by atoms with Gasteiger partial charge in [-0.1, -0.05) is 24.3 Å². The molecule has 5 nitrogen and oxygen atoms in total. The van der Waals surface area contributed by atoms with Gasteiger partial charge in [0.2, 0.25) is 11.8 Å². The highest BCUT2D eigenvalue weighted by molar-refractivity contribution is 5.82. The van der Waals surface area contributed by atoms with Crippen molar-refractivity contribution in [3.63, 3.8) is 0 Å². The smallest absolute Gasteiger partial charge is 0.237 e. The summed E-state index contributed by atoms with van der Waals surface area (Å²) in [5.41, 5.74) is 2.04. The van der Waals surface area contributed by atoms with Crippen LogP contribution in [0.1, 0.15) is 30.4 Å². The Morgan fingerprint density at radius 1 is 1.35 bits per heavy atom. The third-order valence-corrected chi connectivity index (χ3v) is 4.50. The Balaban J connectivity index is 1.59. The van der Waals surface area contributed by atoms with Gasteiger partial charge in [-0.3, -0.25) is 9.59 Å². The zero-order valence-electron chi connectivity index (χ0n) is 13.1. The molecule has 0 aromatic heterocycles. The first-order valence-corrected chi connectivity index (χ1v) is 8.13. The number of hydrogen-bond donors (Lipinski definition) is 2. The molecule has 0 saturated carbocycles. The molecule has 2 saturated heterocycles. The van der Waals surface area contributed by atoms with Crippen LogP contribution in [0.15, 0.2) is 24.3 Å². The standard InChI is InChI=1S/C17H22FN3O2/c18-14-8-15(19-10-14)17(23)20-9-12-4-1-2-5-13(12)11-21-7-3-6-16(21)22/h1-2,4-5,14-15,19H,3,6-11H2,(H,20,23)/t14-,15+/m0/s1. The van der Waals surface area contributed by atoms with E-state index in [2.05, 4.69) is 10.6 Å². The molecule has 6 heteroatoms. The molecule has 2 N–H and O–H groups in total. The Bertz CT molecular complexity index is 593. The summed E-state index contributed by atoms with van der Waals surface area (Å²) < 4.78 is 13.1. The summed E-state index contributed by atoms with van der Waals surface area (Å²) in [6.07, 6.45) is 0.821. The molecule has 1 aromatic carbocycles. The molecule has 2 atom stereocenters. The normalized spacial score (nSPS) is 24.2. The number of alkyl halides is 1. The third-order valence-electron chi connectivity index (χ3n) is 4.50. The molecule has 2 amide bonds. The monoisotopic (exact) mass is 319 g/mol. The number of carbonyl (C=O) groups excluding carboxylic acids is 2. The highest BCUT2D eigenvalue weighted by Crippen LogP contribution is 2.17. The Morgan fingerprint density at radius 2 is 2.13 bits per heavy atom. The lowest BCUT2D eigenvalue weighted by molar-refractivity contribution is -0.128. The number of halogens is 1. The summed E-state index contributed by atoms with van der Waals surface area (Å²) in [5, 5.41) is 5.75. The van der Waals surface area contributed by atoms with Gasteiger partial charge in [-0.2, -0.15) is 0 Å². The Labute approximate surface area is 135 Å². The van der Waals surface area contributed by atoms with E-state index in [0.29, 0.717) is 19.5 Å². The van der Waals surface area contributed by atoms with Crippen LogP contribution in [0.3, 0.4) is 0 Å². The van der Waals surface area contributed by atoms with Crippen molar-refractivity contribution in [2.24, 2.45) is 0 Å². The maximum atomic E-state index is 13.1. The molecule has 2 fully saturated rings. The minimum Gasteiger partial charge on any atom is -0.351 e. The van der Waals surface area contributed by atoms with Crippen LogP contribution < -0.4 is 10.6 Å². The maximum Gasteiger partial charge on any atom is 0.237 e. The molecule has 124 valence electrons. The van der Waals surface area contributed by atoms with Crippen LogP contribution in [0.25, 0.3) is 0 Å². The Hall–Kier alpha value is -1.95. The molecule has 2 heterocycles. The molecular formula is C17H22FN3O2. The molecule has 23 heavy (non-hydrogen) atoms. The van der Waals surface area contributed by atoms with Crippen LogP contribution >= 0.6 is 0 Å². The lowest BCUT2D eigenvalue weighted by Gasteiger charge is -2.19. The predicted molar refractivity (Wildman–Crippen MR) is 84.2 cm³/mol. The van der Waals surface area contributed by atoms with Crippen molar-refractivity contribution < 1.29 is 14.0 Å². The fourth-order valence-electron chi connectivity index (χ4n) is 3.16. The van der Waals surface area contributed by atoms with E-state index in [1.54, 1.807) is 0 Å². The van der Waals surface area contributed by atoms with E-state index in [1.807, 2.05) is 29.2 Å². The van der Waals surface area contributed by atoms with E-state index in [9.17, 15) is 14.0 Å². The Morgan fingerprint density at radius 3 is 2.78 bits per heavy atom. The maximum absolute atomic E-state index is 13.1. The van der Waals surface area contributed by atoms with Gasteiger partial charge in [0.1, 0.15) is 6.17 Å². The molecular weight excluding hydrogens is 297 g/mol. The predicted octanol–water partition coefficient (Wildman–Crippen LogP) is 1.13. The molecule has 3 rings (SSSR count). The average Bonchev–Trinajstić information content (AvgIpc) is 3.15. The zero-order valence-corrected chi connectivity index (χ0v) is 13.1. The molecule has 2 aliphatic rings. The topological polar surface area (TPSA) is 61.4 Å². The first-order valence-electron chi connectivity index (χ1n) is 8.13. The van der Waals surface area contributed by atoms with Crippen molar-refractivity contribution in [1.82, 2.24) is 15.5 Å². The minimum atomic E-state index is -0.945.